The predicted octanol–water partition coefficient (Wildman–Crippen LogP) is 5.18. The fourth-order valence-corrected chi connectivity index (χ4v) is 5.04. The third-order valence-electron chi connectivity index (χ3n) is 7.17. The van der Waals surface area contributed by atoms with E-state index in [2.05, 4.69) is 10.3 Å². The van der Waals surface area contributed by atoms with Crippen LogP contribution in [0.3, 0.4) is 0 Å². The Morgan fingerprint density at radius 3 is 2.27 bits per heavy atom. The van der Waals surface area contributed by atoms with Gasteiger partial charge in [0.15, 0.2) is 0 Å². The van der Waals surface area contributed by atoms with Gasteiger partial charge in [-0.2, -0.15) is 0 Å². The van der Waals surface area contributed by atoms with E-state index in [0.717, 1.165) is 23.1 Å². The van der Waals surface area contributed by atoms with Crippen LogP contribution < -0.4 is 5.32 Å². The molecule has 1 N–H and O–H groups in total. The van der Waals surface area contributed by atoms with Crippen molar-refractivity contribution in [2.45, 2.75) is 33.1 Å². The second kappa shape index (κ2) is 14.7. The molecule has 0 radical (unpaired) electrons. The van der Waals surface area contributed by atoms with Gasteiger partial charge in [-0.25, -0.2) is 14.4 Å². The Bertz CT molecular complexity index is 1690. The number of nitro benzene ring substituents is 1. The maximum absolute atomic E-state index is 13.4. The zero-order valence-corrected chi connectivity index (χ0v) is 25.4. The van der Waals surface area contributed by atoms with Crippen molar-refractivity contribution in [2.24, 2.45) is 0 Å². The number of nitrogens with one attached hydrogen (secondary N) is 1. The number of rotatable bonds is 11. The van der Waals surface area contributed by atoms with Gasteiger partial charge < -0.3 is 19.5 Å². The molecule has 45 heavy (non-hydrogen) atoms. The molecule has 232 valence electrons. The molecule has 2 aromatic carbocycles. The van der Waals surface area contributed by atoms with Gasteiger partial charge in [-0.05, 0) is 61.6 Å². The van der Waals surface area contributed by atoms with Crippen molar-refractivity contribution in [1.82, 2.24) is 10.3 Å². The molecular formula is C34H33N3O8. The quantitative estimate of drug-likeness (QED) is 0.0768. The number of non-ortho nitro benzene ring substituents is 1. The summed E-state index contributed by atoms with van der Waals surface area (Å²) in [5.74, 6) is -3.04. The van der Waals surface area contributed by atoms with Crippen LogP contribution in [0.25, 0.3) is 6.08 Å². The van der Waals surface area contributed by atoms with E-state index in [9.17, 15) is 24.5 Å². The van der Waals surface area contributed by atoms with E-state index < -0.39 is 28.7 Å². The topological polar surface area (TPSA) is 147 Å². The second-order valence-electron chi connectivity index (χ2n) is 10.4. The van der Waals surface area contributed by atoms with Gasteiger partial charge in [0, 0.05) is 41.5 Å². The van der Waals surface area contributed by atoms with Gasteiger partial charge in [0.05, 0.1) is 29.1 Å². The molecule has 1 aliphatic heterocycles. The molecule has 4 rings (SSSR count). The highest BCUT2D eigenvalue weighted by atomic mass is 16.6. The number of carbonyl (C=O) groups is 3. The van der Waals surface area contributed by atoms with Gasteiger partial charge in [0.25, 0.3) is 5.69 Å². The smallest absolute Gasteiger partial charge is 0.336 e. The molecule has 0 fully saturated rings. The maximum atomic E-state index is 13.4. The van der Waals surface area contributed by atoms with Crippen molar-refractivity contribution in [3.05, 3.63) is 134 Å². The van der Waals surface area contributed by atoms with Crippen LogP contribution in [-0.2, 0) is 35.0 Å². The lowest BCUT2D eigenvalue weighted by atomic mass is 9.80. The van der Waals surface area contributed by atoms with E-state index in [1.165, 1.54) is 25.3 Å². The Balaban J connectivity index is 1.39. The number of methoxy groups -OCH3 is 1. The van der Waals surface area contributed by atoms with Crippen LogP contribution in [0, 0.1) is 10.1 Å². The molecule has 11 heteroatoms. The van der Waals surface area contributed by atoms with Gasteiger partial charge in [-0.15, -0.1) is 0 Å². The number of hydrogen-bond donors (Lipinski definition) is 1. The fourth-order valence-electron chi connectivity index (χ4n) is 5.04. The van der Waals surface area contributed by atoms with Gasteiger partial charge in [-0.3, -0.25) is 15.1 Å². The van der Waals surface area contributed by atoms with Crippen LogP contribution >= 0.6 is 0 Å². The van der Waals surface area contributed by atoms with Gasteiger partial charge >= 0.3 is 17.9 Å². The standard InChI is InChI=1S/C34H33N3O8/c1-21(17-24-10-12-25(13-11-24)18-26-7-6-14-35-20-26)32(38)44-15-16-45-34(40)30-23(3)36-22(2)29(33(39)43-4)31(30)27-8-5-9-28(19-27)37(41)42/h5-14,17,19-20,31,36H,15-16,18H2,1-4H3/b21-17+. The average Bonchev–Trinajstić information content (AvgIpc) is 3.03. The summed E-state index contributed by atoms with van der Waals surface area (Å²) in [5, 5.41) is 14.4. The van der Waals surface area contributed by atoms with Gasteiger partial charge in [0.1, 0.15) is 13.2 Å². The summed E-state index contributed by atoms with van der Waals surface area (Å²) in [4.78, 5) is 53.7. The van der Waals surface area contributed by atoms with Crippen LogP contribution in [0.15, 0.2) is 101 Å². The van der Waals surface area contributed by atoms with Gasteiger partial charge in [0.2, 0.25) is 0 Å². The fraction of sp³-hybridized carbons (Fsp3) is 0.235. The number of nitrogens with zero attached hydrogens (tertiary/aromatic N) is 2. The Morgan fingerprint density at radius 2 is 1.62 bits per heavy atom. The summed E-state index contributed by atoms with van der Waals surface area (Å²) in [6.45, 7) is 4.45. The number of aromatic nitrogens is 1. The van der Waals surface area contributed by atoms with E-state index in [0.29, 0.717) is 22.5 Å². The monoisotopic (exact) mass is 611 g/mol. The molecule has 0 amide bonds. The molecule has 1 aromatic heterocycles. The summed E-state index contributed by atoms with van der Waals surface area (Å²) in [5.41, 5.74) is 4.59. The molecule has 2 heterocycles. The minimum atomic E-state index is -0.991. The SMILES string of the molecule is COC(=O)C1=C(C)NC(C)=C(C(=O)OCCOC(=O)/C(C)=C/c2ccc(Cc3cccnc3)cc2)C1c1cccc([N+](=O)[O-])c1. The first-order valence-electron chi connectivity index (χ1n) is 14.1. The highest BCUT2D eigenvalue weighted by Crippen LogP contribution is 2.40. The number of pyridine rings is 1. The zero-order valence-electron chi connectivity index (χ0n) is 25.4. The molecule has 0 saturated carbocycles. The zero-order chi connectivity index (χ0) is 32.5. The molecular weight excluding hydrogens is 578 g/mol. The lowest BCUT2D eigenvalue weighted by Gasteiger charge is -2.30. The number of ether oxygens (including phenoxy) is 3. The van der Waals surface area contributed by atoms with Crippen LogP contribution in [-0.4, -0.2) is 48.1 Å². The van der Waals surface area contributed by atoms with E-state index in [4.69, 9.17) is 14.2 Å². The molecule has 3 aromatic rings. The first kappa shape index (κ1) is 32.3. The number of dihydropyridines is 1. The Hall–Kier alpha value is -5.58. The number of hydrogen-bond acceptors (Lipinski definition) is 10. The number of esters is 3. The Labute approximate surface area is 260 Å². The third kappa shape index (κ3) is 8.08. The number of benzene rings is 2. The number of nitro groups is 1. The maximum Gasteiger partial charge on any atom is 0.336 e. The van der Waals surface area contributed by atoms with E-state index in [1.807, 2.05) is 42.6 Å². The minimum Gasteiger partial charge on any atom is -0.466 e. The van der Waals surface area contributed by atoms with Crippen molar-refractivity contribution in [3.8, 4) is 0 Å². The Morgan fingerprint density at radius 1 is 0.933 bits per heavy atom. The first-order valence-corrected chi connectivity index (χ1v) is 14.1. The summed E-state index contributed by atoms with van der Waals surface area (Å²) in [6, 6.07) is 17.4. The van der Waals surface area contributed by atoms with Crippen molar-refractivity contribution < 1.29 is 33.5 Å². The van der Waals surface area contributed by atoms with Crippen LogP contribution in [0.2, 0.25) is 0 Å². The van der Waals surface area contributed by atoms with Crippen molar-refractivity contribution in [3.63, 3.8) is 0 Å². The molecule has 0 saturated heterocycles. The molecule has 0 aliphatic carbocycles. The normalized spacial score (nSPS) is 14.8. The highest BCUT2D eigenvalue weighted by Gasteiger charge is 2.38. The van der Waals surface area contributed by atoms with E-state index in [-0.39, 0.29) is 30.0 Å². The average molecular weight is 612 g/mol. The van der Waals surface area contributed by atoms with Crippen molar-refractivity contribution >= 4 is 29.7 Å². The summed E-state index contributed by atoms with van der Waals surface area (Å²) >= 11 is 0. The van der Waals surface area contributed by atoms with E-state index in [1.54, 1.807) is 39.1 Å². The molecule has 11 nitrogen and oxygen atoms in total. The van der Waals surface area contributed by atoms with Crippen LogP contribution in [0.1, 0.15) is 48.9 Å². The molecule has 1 aliphatic rings. The summed E-state index contributed by atoms with van der Waals surface area (Å²) in [6.07, 6.45) is 6.00. The first-order chi connectivity index (χ1) is 21.6. The van der Waals surface area contributed by atoms with Crippen molar-refractivity contribution in [1.29, 1.82) is 0 Å². The van der Waals surface area contributed by atoms with Crippen LogP contribution in [0.4, 0.5) is 5.69 Å². The number of carbonyl (C=O) groups excluding carboxylic acids is 3. The number of allylic oxidation sites excluding steroid dienone is 2. The summed E-state index contributed by atoms with van der Waals surface area (Å²) in [7, 11) is 1.21. The molecule has 1 atom stereocenters. The summed E-state index contributed by atoms with van der Waals surface area (Å²) < 4.78 is 15.7. The lowest BCUT2D eigenvalue weighted by Crippen LogP contribution is -2.32. The van der Waals surface area contributed by atoms with E-state index >= 15 is 0 Å². The predicted molar refractivity (Wildman–Crippen MR) is 165 cm³/mol. The Kier molecular flexibility index (Phi) is 10.6. The minimum absolute atomic E-state index is 0.0795. The largest absolute Gasteiger partial charge is 0.466 e. The molecule has 1 unspecified atom stereocenters. The lowest BCUT2D eigenvalue weighted by molar-refractivity contribution is -0.384. The van der Waals surface area contributed by atoms with Gasteiger partial charge in [-0.1, -0.05) is 42.5 Å². The van der Waals surface area contributed by atoms with Crippen LogP contribution in [0.5, 0.6) is 0 Å². The van der Waals surface area contributed by atoms with Crippen molar-refractivity contribution in [2.75, 3.05) is 20.3 Å². The second-order valence-corrected chi connectivity index (χ2v) is 10.4. The highest BCUT2D eigenvalue weighted by molar-refractivity contribution is 6.00. The third-order valence-corrected chi connectivity index (χ3v) is 7.17. The molecule has 0 bridgehead atoms. The molecule has 0 spiro atoms.